The molecule has 4 aliphatic carbocycles. The van der Waals surface area contributed by atoms with Crippen molar-refractivity contribution >= 4 is 34.2 Å². The molecule has 1 heterocycles. The molecule has 5 fully saturated rings. The molecule has 4 saturated carbocycles. The molecular weight excluding hydrogens is 769 g/mol. The lowest BCUT2D eigenvalue weighted by Crippen LogP contribution is -2.74. The maximum absolute atomic E-state index is 8.64. The van der Waals surface area contributed by atoms with Crippen LogP contribution in [0.25, 0.3) is 0 Å². The van der Waals surface area contributed by atoms with E-state index in [1.165, 1.54) is 128 Å². The van der Waals surface area contributed by atoms with Crippen LogP contribution in [0.3, 0.4) is 0 Å². The first-order valence-corrected chi connectivity index (χ1v) is 32.6. The molecule has 0 amide bonds. The van der Waals surface area contributed by atoms with Gasteiger partial charge < -0.3 is 35.4 Å². The molecule has 0 N–H and O–H groups in total. The average Bonchev–Trinajstić information content (AvgIpc) is 3.18. The molecule has 0 spiro atoms. The van der Waals surface area contributed by atoms with E-state index >= 15 is 0 Å². The first-order chi connectivity index (χ1) is 26.9. The predicted octanol–water partition coefficient (Wildman–Crippen LogP) is 12.9. The summed E-state index contributed by atoms with van der Waals surface area (Å²) in [4.78, 5) is 0. The minimum Gasteiger partial charge on any atom is -0.415 e. The van der Waals surface area contributed by atoms with Crippen molar-refractivity contribution in [3.05, 3.63) is 0 Å². The predicted molar refractivity (Wildman–Crippen MR) is 238 cm³/mol. The fraction of sp³-hybridized carbons (Fsp3) is 1.00. The van der Waals surface area contributed by atoms with E-state index < -0.39 is 34.2 Å². The van der Waals surface area contributed by atoms with Crippen molar-refractivity contribution in [1.82, 2.24) is 0 Å². The van der Waals surface area contributed by atoms with E-state index in [-0.39, 0.29) is 24.4 Å². The van der Waals surface area contributed by atoms with Crippen LogP contribution in [0.15, 0.2) is 0 Å². The second-order valence-electron chi connectivity index (χ2n) is 19.7. The Morgan fingerprint density at radius 3 is 0.661 bits per heavy atom. The molecule has 0 aromatic rings. The molecule has 56 heavy (non-hydrogen) atoms. The Balaban J connectivity index is 1.77. The zero-order valence-electron chi connectivity index (χ0n) is 37.7. The van der Waals surface area contributed by atoms with E-state index in [2.05, 4.69) is 55.4 Å². The summed E-state index contributed by atoms with van der Waals surface area (Å²) in [6.45, 7) is 20.2. The maximum Gasteiger partial charge on any atom is 0.326 e. The van der Waals surface area contributed by atoms with E-state index in [0.717, 1.165) is 24.2 Å². The third-order valence-electron chi connectivity index (χ3n) is 13.9. The summed E-state index contributed by atoms with van der Waals surface area (Å²) in [5.74, 6) is 0. The van der Waals surface area contributed by atoms with Gasteiger partial charge in [-0.1, -0.05) is 77.0 Å². The molecule has 12 heteroatoms. The molecule has 1 saturated heterocycles. The molecule has 328 valence electrons. The Morgan fingerprint density at radius 1 is 0.321 bits per heavy atom. The van der Waals surface area contributed by atoms with Gasteiger partial charge >= 0.3 is 34.2 Å². The van der Waals surface area contributed by atoms with E-state index in [1.54, 1.807) is 0 Å². The van der Waals surface area contributed by atoms with Crippen molar-refractivity contribution < 1.29 is 35.4 Å². The molecule has 0 aromatic heterocycles. The van der Waals surface area contributed by atoms with Crippen LogP contribution in [0.2, 0.25) is 46.3 Å². The molecule has 5 aliphatic rings. The zero-order chi connectivity index (χ0) is 40.1. The van der Waals surface area contributed by atoms with Crippen molar-refractivity contribution in [1.29, 1.82) is 0 Å². The van der Waals surface area contributed by atoms with Gasteiger partial charge in [0.2, 0.25) is 0 Å². The third kappa shape index (κ3) is 13.3. The van der Waals surface area contributed by atoms with Crippen LogP contribution in [0.5, 0.6) is 0 Å². The lowest BCUT2D eigenvalue weighted by atomic mass is 10.0. The minimum atomic E-state index is -3.06. The highest BCUT2D eigenvalue weighted by Gasteiger charge is 2.68. The van der Waals surface area contributed by atoms with Gasteiger partial charge in [0.05, 0.1) is 24.4 Å². The third-order valence-corrected chi connectivity index (χ3v) is 35.8. The van der Waals surface area contributed by atoms with E-state index in [0.29, 0.717) is 48.6 Å². The molecule has 1 aliphatic heterocycles. The summed E-state index contributed by atoms with van der Waals surface area (Å²) in [6.07, 6.45) is 25.5. The van der Waals surface area contributed by atoms with Crippen LogP contribution in [0, 0.1) is 0 Å². The molecule has 0 unspecified atom stereocenters. The van der Waals surface area contributed by atoms with Crippen LogP contribution in [0.1, 0.15) is 184 Å². The fourth-order valence-corrected chi connectivity index (χ4v) is 39.6. The van der Waals surface area contributed by atoms with Gasteiger partial charge in [0.15, 0.2) is 0 Å². The van der Waals surface area contributed by atoms with Gasteiger partial charge in [-0.15, -0.1) is 0 Å². The van der Waals surface area contributed by atoms with Gasteiger partial charge in [0, 0.05) is 72.8 Å². The summed E-state index contributed by atoms with van der Waals surface area (Å²) in [7, 11) is -12.2. The molecule has 5 rings (SSSR count). The van der Waals surface area contributed by atoms with Crippen LogP contribution in [-0.2, 0) is 35.4 Å². The Hall–Kier alpha value is 0.548. The standard InChI is InChI=1S/C44H88O8Si4/c1-37(2)45-29-33-53(41-21-13-9-14-22-41)49-54(34-30-46-38(3)4,42-23-15-10-16-24-42)51-56(36-32-48-40(7)8,44-27-19-12-20-28-44)52-55(50-53,35-31-47-39(5)6)43-25-17-11-18-26-43/h37-44H,9-36H2,1-8H3. The van der Waals surface area contributed by atoms with Crippen molar-refractivity contribution in [2.24, 2.45) is 0 Å². The summed E-state index contributed by atoms with van der Waals surface area (Å²) in [6, 6.07) is 3.48. The van der Waals surface area contributed by atoms with Gasteiger partial charge in [-0.25, -0.2) is 0 Å². The quantitative estimate of drug-likeness (QED) is 0.112. The van der Waals surface area contributed by atoms with Crippen LogP contribution < -0.4 is 0 Å². The highest BCUT2D eigenvalue weighted by molar-refractivity contribution is 6.96. The minimum absolute atomic E-state index is 0.167. The molecular formula is C44H88O8Si4. The summed E-state index contributed by atoms with van der Waals surface area (Å²) < 4.78 is 60.8. The first kappa shape index (κ1) is 47.6. The summed E-state index contributed by atoms with van der Waals surface area (Å²) in [5, 5.41) is 0. The van der Waals surface area contributed by atoms with Gasteiger partial charge in [-0.3, -0.25) is 0 Å². The van der Waals surface area contributed by atoms with Crippen molar-refractivity contribution in [2.75, 3.05) is 26.4 Å². The van der Waals surface area contributed by atoms with Crippen molar-refractivity contribution in [3.63, 3.8) is 0 Å². The first-order valence-electron chi connectivity index (χ1n) is 24.2. The van der Waals surface area contributed by atoms with Gasteiger partial charge in [0.1, 0.15) is 0 Å². The Kier molecular flexibility index (Phi) is 19.7. The maximum atomic E-state index is 8.64. The largest absolute Gasteiger partial charge is 0.415 e. The number of hydrogen-bond donors (Lipinski definition) is 0. The molecule has 0 aromatic carbocycles. The lowest BCUT2D eigenvalue weighted by molar-refractivity contribution is 0.0697. The molecule has 0 atom stereocenters. The normalized spacial score (nSPS) is 32.8. The topological polar surface area (TPSA) is 73.8 Å². The van der Waals surface area contributed by atoms with E-state index in [4.69, 9.17) is 35.4 Å². The number of ether oxygens (including phenoxy) is 4. The Morgan fingerprint density at radius 2 is 0.500 bits per heavy atom. The van der Waals surface area contributed by atoms with Crippen LogP contribution >= 0.6 is 0 Å². The van der Waals surface area contributed by atoms with Crippen LogP contribution in [0.4, 0.5) is 0 Å². The number of rotatable bonds is 20. The van der Waals surface area contributed by atoms with Crippen molar-refractivity contribution in [3.8, 4) is 0 Å². The SMILES string of the molecule is CC(C)OCC[Si]1(C2CCCCC2)O[Si](CCOC(C)C)(C2CCCCC2)O[Si](CCOC(C)C)(C2CCCCC2)O[Si](CCOC(C)C)(C2CCCCC2)O1. The molecule has 0 radical (unpaired) electrons. The Bertz CT molecular complexity index is 911. The highest BCUT2D eigenvalue weighted by atomic mass is 28.5. The smallest absolute Gasteiger partial charge is 0.326 e. The summed E-state index contributed by atoms with van der Waals surface area (Å²) in [5.41, 5.74) is 1.70. The second kappa shape index (κ2) is 23.1. The van der Waals surface area contributed by atoms with Gasteiger partial charge in [0.25, 0.3) is 0 Å². The summed E-state index contributed by atoms with van der Waals surface area (Å²) >= 11 is 0. The molecule has 0 bridgehead atoms. The lowest BCUT2D eigenvalue weighted by Gasteiger charge is -2.60. The van der Waals surface area contributed by atoms with Gasteiger partial charge in [-0.2, -0.15) is 0 Å². The second-order valence-corrected chi connectivity index (χ2v) is 34.7. The highest BCUT2D eigenvalue weighted by Crippen LogP contribution is 2.57. The van der Waals surface area contributed by atoms with Crippen LogP contribution in [-0.4, -0.2) is 85.1 Å². The Labute approximate surface area is 349 Å². The van der Waals surface area contributed by atoms with E-state index in [9.17, 15) is 0 Å². The van der Waals surface area contributed by atoms with Gasteiger partial charge in [-0.05, 0) is 107 Å². The zero-order valence-corrected chi connectivity index (χ0v) is 41.7. The fourth-order valence-electron chi connectivity index (χ4n) is 11.1. The average molecular weight is 858 g/mol. The number of hydrogen-bond acceptors (Lipinski definition) is 8. The monoisotopic (exact) mass is 857 g/mol. The van der Waals surface area contributed by atoms with Crippen molar-refractivity contribution in [2.45, 2.75) is 255 Å². The van der Waals surface area contributed by atoms with E-state index in [1.807, 2.05) is 0 Å². The molecule has 8 nitrogen and oxygen atoms in total.